The summed E-state index contributed by atoms with van der Waals surface area (Å²) in [5, 5.41) is 0. The molecular formula is C19H15N3O2. The minimum atomic E-state index is -0.223. The van der Waals surface area contributed by atoms with Crippen molar-refractivity contribution in [3.05, 3.63) is 78.2 Å². The third kappa shape index (κ3) is 2.40. The highest BCUT2D eigenvalue weighted by Gasteiger charge is 2.34. The first-order valence-corrected chi connectivity index (χ1v) is 7.76. The number of hydrogen-bond donors (Lipinski definition) is 0. The number of carbonyl (C=O) groups is 2. The topological polar surface area (TPSA) is 55.2 Å². The summed E-state index contributed by atoms with van der Waals surface area (Å²) in [6, 6.07) is 16.8. The van der Waals surface area contributed by atoms with Crippen molar-refractivity contribution in [1.82, 2.24) is 14.5 Å². The average Bonchev–Trinajstić information content (AvgIpc) is 3.19. The standard InChI is InChI=1S/C19H15N3O2/c23-18-15-8-4-5-9-16(15)19(24)22(18)11-10-21-12-17(20-13-21)14-6-2-1-3-7-14/h1-9,12-13H,10-11H2. The van der Waals surface area contributed by atoms with E-state index in [9.17, 15) is 9.59 Å². The Balaban J connectivity index is 1.48. The van der Waals surface area contributed by atoms with Gasteiger partial charge in [0.25, 0.3) is 11.8 Å². The summed E-state index contributed by atoms with van der Waals surface area (Å²) >= 11 is 0. The van der Waals surface area contributed by atoms with Crippen LogP contribution in [0.4, 0.5) is 0 Å². The Bertz CT molecular complexity index is 880. The average molecular weight is 317 g/mol. The molecule has 0 spiro atoms. The number of nitrogens with zero attached hydrogens (tertiary/aromatic N) is 3. The Morgan fingerprint density at radius 3 is 2.08 bits per heavy atom. The van der Waals surface area contributed by atoms with E-state index in [-0.39, 0.29) is 11.8 Å². The molecule has 0 N–H and O–H groups in total. The zero-order chi connectivity index (χ0) is 16.5. The van der Waals surface area contributed by atoms with E-state index < -0.39 is 0 Å². The van der Waals surface area contributed by atoms with Crippen LogP contribution in [0.15, 0.2) is 67.1 Å². The van der Waals surface area contributed by atoms with Gasteiger partial charge in [0.05, 0.1) is 23.1 Å². The van der Waals surface area contributed by atoms with Gasteiger partial charge in [-0.25, -0.2) is 4.98 Å². The van der Waals surface area contributed by atoms with Crippen LogP contribution < -0.4 is 0 Å². The number of amides is 2. The minimum Gasteiger partial charge on any atom is -0.335 e. The smallest absolute Gasteiger partial charge is 0.261 e. The van der Waals surface area contributed by atoms with E-state index in [1.807, 2.05) is 41.1 Å². The number of imidazole rings is 1. The molecular weight excluding hydrogens is 302 g/mol. The first-order valence-electron chi connectivity index (χ1n) is 7.76. The van der Waals surface area contributed by atoms with Gasteiger partial charge in [-0.15, -0.1) is 0 Å². The lowest BCUT2D eigenvalue weighted by atomic mass is 10.1. The molecule has 2 aromatic carbocycles. The van der Waals surface area contributed by atoms with Gasteiger partial charge in [0, 0.05) is 24.8 Å². The van der Waals surface area contributed by atoms with Crippen molar-refractivity contribution in [2.45, 2.75) is 6.54 Å². The molecule has 3 aromatic rings. The van der Waals surface area contributed by atoms with Crippen molar-refractivity contribution in [1.29, 1.82) is 0 Å². The van der Waals surface area contributed by atoms with E-state index in [0.29, 0.717) is 24.2 Å². The number of rotatable bonds is 4. The van der Waals surface area contributed by atoms with Gasteiger partial charge >= 0.3 is 0 Å². The second-order valence-electron chi connectivity index (χ2n) is 5.67. The van der Waals surface area contributed by atoms with E-state index in [1.54, 1.807) is 30.6 Å². The molecule has 0 aliphatic carbocycles. The van der Waals surface area contributed by atoms with Crippen LogP contribution in [-0.4, -0.2) is 32.8 Å². The van der Waals surface area contributed by atoms with Crippen molar-refractivity contribution in [3.8, 4) is 11.3 Å². The largest absolute Gasteiger partial charge is 0.335 e. The maximum atomic E-state index is 12.3. The molecule has 1 aliphatic heterocycles. The van der Waals surface area contributed by atoms with Crippen molar-refractivity contribution in [2.24, 2.45) is 0 Å². The molecule has 0 saturated carbocycles. The fourth-order valence-corrected chi connectivity index (χ4v) is 2.90. The molecule has 5 nitrogen and oxygen atoms in total. The zero-order valence-corrected chi connectivity index (χ0v) is 12.9. The van der Waals surface area contributed by atoms with E-state index >= 15 is 0 Å². The van der Waals surface area contributed by atoms with E-state index in [2.05, 4.69) is 4.98 Å². The highest BCUT2D eigenvalue weighted by atomic mass is 16.2. The lowest BCUT2D eigenvalue weighted by Crippen LogP contribution is -2.32. The van der Waals surface area contributed by atoms with E-state index in [4.69, 9.17) is 0 Å². The fraction of sp³-hybridized carbons (Fsp3) is 0.105. The molecule has 5 heteroatoms. The Morgan fingerprint density at radius 2 is 1.42 bits per heavy atom. The fourth-order valence-electron chi connectivity index (χ4n) is 2.90. The predicted molar refractivity (Wildman–Crippen MR) is 89.5 cm³/mol. The third-order valence-corrected chi connectivity index (χ3v) is 4.16. The van der Waals surface area contributed by atoms with Crippen LogP contribution in [0.2, 0.25) is 0 Å². The number of aromatic nitrogens is 2. The van der Waals surface area contributed by atoms with Crippen LogP contribution in [0.1, 0.15) is 20.7 Å². The second kappa shape index (κ2) is 5.77. The first kappa shape index (κ1) is 14.4. The second-order valence-corrected chi connectivity index (χ2v) is 5.67. The minimum absolute atomic E-state index is 0.223. The molecule has 1 aromatic heterocycles. The normalized spacial score (nSPS) is 13.4. The first-order chi connectivity index (χ1) is 11.7. The zero-order valence-electron chi connectivity index (χ0n) is 12.9. The number of carbonyl (C=O) groups excluding carboxylic acids is 2. The molecule has 0 unspecified atom stereocenters. The molecule has 4 rings (SSSR count). The molecule has 2 amide bonds. The summed E-state index contributed by atoms with van der Waals surface area (Å²) in [6.07, 6.45) is 3.65. The molecule has 0 saturated heterocycles. The lowest BCUT2D eigenvalue weighted by Gasteiger charge is -2.13. The van der Waals surface area contributed by atoms with Crippen molar-refractivity contribution < 1.29 is 9.59 Å². The van der Waals surface area contributed by atoms with E-state index in [1.165, 1.54) is 4.90 Å². The summed E-state index contributed by atoms with van der Waals surface area (Å²) in [4.78, 5) is 30.4. The van der Waals surface area contributed by atoms with Gasteiger partial charge in [0.1, 0.15) is 0 Å². The van der Waals surface area contributed by atoms with Gasteiger partial charge in [-0.3, -0.25) is 14.5 Å². The number of hydrogen-bond acceptors (Lipinski definition) is 3. The maximum absolute atomic E-state index is 12.3. The summed E-state index contributed by atoms with van der Waals surface area (Å²) in [5.74, 6) is -0.446. The van der Waals surface area contributed by atoms with Crippen LogP contribution in [0.25, 0.3) is 11.3 Å². The van der Waals surface area contributed by atoms with Gasteiger partial charge < -0.3 is 4.57 Å². The maximum Gasteiger partial charge on any atom is 0.261 e. The molecule has 0 atom stereocenters. The Hall–Kier alpha value is -3.21. The Kier molecular flexibility index (Phi) is 3.46. The summed E-state index contributed by atoms with van der Waals surface area (Å²) in [5.41, 5.74) is 2.88. The summed E-state index contributed by atoms with van der Waals surface area (Å²) in [7, 11) is 0. The molecule has 2 heterocycles. The molecule has 24 heavy (non-hydrogen) atoms. The Morgan fingerprint density at radius 1 is 0.792 bits per heavy atom. The summed E-state index contributed by atoms with van der Waals surface area (Å²) < 4.78 is 1.89. The van der Waals surface area contributed by atoms with Crippen LogP contribution in [0.5, 0.6) is 0 Å². The van der Waals surface area contributed by atoms with Crippen molar-refractivity contribution >= 4 is 11.8 Å². The number of imide groups is 1. The van der Waals surface area contributed by atoms with E-state index in [0.717, 1.165) is 11.3 Å². The predicted octanol–water partition coefficient (Wildman–Crippen LogP) is 2.85. The van der Waals surface area contributed by atoms with Gasteiger partial charge in [-0.2, -0.15) is 0 Å². The quantitative estimate of drug-likeness (QED) is 0.695. The van der Waals surface area contributed by atoms with Crippen LogP contribution in [0.3, 0.4) is 0 Å². The summed E-state index contributed by atoms with van der Waals surface area (Å²) in [6.45, 7) is 0.849. The van der Waals surface area contributed by atoms with Gasteiger partial charge in [0.2, 0.25) is 0 Å². The molecule has 0 fully saturated rings. The van der Waals surface area contributed by atoms with Crippen LogP contribution in [0, 0.1) is 0 Å². The number of benzene rings is 2. The lowest BCUT2D eigenvalue weighted by molar-refractivity contribution is 0.0649. The molecule has 118 valence electrons. The van der Waals surface area contributed by atoms with Gasteiger partial charge in [-0.1, -0.05) is 42.5 Å². The SMILES string of the molecule is O=C1c2ccccc2C(=O)N1CCn1cnc(-c2ccccc2)c1. The highest BCUT2D eigenvalue weighted by Crippen LogP contribution is 2.22. The van der Waals surface area contributed by atoms with Gasteiger partial charge in [0.15, 0.2) is 0 Å². The monoisotopic (exact) mass is 317 g/mol. The van der Waals surface area contributed by atoms with Crippen LogP contribution >= 0.6 is 0 Å². The Labute approximate surface area is 139 Å². The van der Waals surface area contributed by atoms with Crippen LogP contribution in [-0.2, 0) is 6.54 Å². The van der Waals surface area contributed by atoms with Crippen molar-refractivity contribution in [3.63, 3.8) is 0 Å². The highest BCUT2D eigenvalue weighted by molar-refractivity contribution is 6.21. The molecule has 0 bridgehead atoms. The number of fused-ring (bicyclic) bond motifs is 1. The molecule has 1 aliphatic rings. The molecule has 0 radical (unpaired) electrons. The third-order valence-electron chi connectivity index (χ3n) is 4.16. The van der Waals surface area contributed by atoms with Crippen molar-refractivity contribution in [2.75, 3.05) is 6.54 Å². The van der Waals surface area contributed by atoms with Gasteiger partial charge in [-0.05, 0) is 12.1 Å².